The van der Waals surface area contributed by atoms with Gasteiger partial charge in [0.25, 0.3) is 0 Å². The molecule has 0 saturated heterocycles. The zero-order valence-electron chi connectivity index (χ0n) is 6.01. The van der Waals surface area contributed by atoms with E-state index < -0.39 is 6.10 Å². The van der Waals surface area contributed by atoms with Gasteiger partial charge in [-0.1, -0.05) is 17.7 Å². The van der Waals surface area contributed by atoms with Gasteiger partial charge in [0.1, 0.15) is 0 Å². The smallest absolute Gasteiger partial charge is 0.0762 e. The third-order valence-electron chi connectivity index (χ3n) is 1.43. The Morgan fingerprint density at radius 3 is 2.64 bits per heavy atom. The largest absolute Gasteiger partial charge is 0.389 e. The molecule has 1 unspecified atom stereocenters. The van der Waals surface area contributed by atoms with E-state index in [0.29, 0.717) is 5.02 Å². The van der Waals surface area contributed by atoms with Crippen molar-refractivity contribution in [3.8, 4) is 0 Å². The third-order valence-corrected chi connectivity index (χ3v) is 2.66. The van der Waals surface area contributed by atoms with Crippen LogP contribution in [0.3, 0.4) is 0 Å². The molecule has 0 saturated carbocycles. The van der Waals surface area contributed by atoms with Gasteiger partial charge in [0.15, 0.2) is 0 Å². The molecule has 0 fully saturated rings. The Hall–Kier alpha value is -0.0500. The van der Waals surface area contributed by atoms with E-state index in [9.17, 15) is 0 Å². The first-order chi connectivity index (χ1) is 5.11. The number of hydrogen-bond acceptors (Lipinski definition) is 1. The minimum atomic E-state index is -0.458. The van der Waals surface area contributed by atoms with Crippen molar-refractivity contribution in [3.63, 3.8) is 0 Å². The lowest BCUT2D eigenvalue weighted by Crippen LogP contribution is -1.89. The van der Waals surface area contributed by atoms with Gasteiger partial charge in [0, 0.05) is 4.47 Å². The van der Waals surface area contributed by atoms with Gasteiger partial charge in [-0.3, -0.25) is 0 Å². The van der Waals surface area contributed by atoms with Gasteiger partial charge in [0.05, 0.1) is 11.1 Å². The standard InChI is InChI=1S/C8H8BrClO/c1-5(11)6-2-3-7(9)8(10)4-6/h2-5,11H,1H3. The minimum absolute atomic E-state index is 0.458. The van der Waals surface area contributed by atoms with Crippen molar-refractivity contribution in [2.24, 2.45) is 0 Å². The summed E-state index contributed by atoms with van der Waals surface area (Å²) in [6, 6.07) is 5.40. The first-order valence-corrected chi connectivity index (χ1v) is 4.41. The van der Waals surface area contributed by atoms with E-state index in [0.717, 1.165) is 10.0 Å². The van der Waals surface area contributed by atoms with Gasteiger partial charge in [-0.2, -0.15) is 0 Å². The molecule has 1 aromatic rings. The van der Waals surface area contributed by atoms with Crippen molar-refractivity contribution in [2.75, 3.05) is 0 Å². The van der Waals surface area contributed by atoms with Crippen LogP contribution >= 0.6 is 27.5 Å². The first kappa shape index (κ1) is 9.04. The van der Waals surface area contributed by atoms with Gasteiger partial charge < -0.3 is 5.11 Å². The highest BCUT2D eigenvalue weighted by atomic mass is 79.9. The van der Waals surface area contributed by atoms with Crippen LogP contribution in [0.25, 0.3) is 0 Å². The van der Waals surface area contributed by atoms with Gasteiger partial charge >= 0.3 is 0 Å². The molecule has 0 radical (unpaired) electrons. The number of hydrogen-bond donors (Lipinski definition) is 1. The van der Waals surface area contributed by atoms with E-state index >= 15 is 0 Å². The van der Waals surface area contributed by atoms with E-state index in [-0.39, 0.29) is 0 Å². The van der Waals surface area contributed by atoms with E-state index in [1.165, 1.54) is 0 Å². The van der Waals surface area contributed by atoms with Crippen molar-refractivity contribution in [2.45, 2.75) is 13.0 Å². The van der Waals surface area contributed by atoms with Crippen LogP contribution in [0.4, 0.5) is 0 Å². The second kappa shape index (κ2) is 3.57. The van der Waals surface area contributed by atoms with Gasteiger partial charge in [-0.25, -0.2) is 0 Å². The normalized spacial score (nSPS) is 13.1. The second-order valence-corrected chi connectivity index (χ2v) is 3.61. The summed E-state index contributed by atoms with van der Waals surface area (Å²) in [6.45, 7) is 1.71. The van der Waals surface area contributed by atoms with Gasteiger partial charge in [0.2, 0.25) is 0 Å². The fourth-order valence-electron chi connectivity index (χ4n) is 0.772. The molecule has 11 heavy (non-hydrogen) atoms. The first-order valence-electron chi connectivity index (χ1n) is 3.24. The van der Waals surface area contributed by atoms with Crippen LogP contribution in [0.1, 0.15) is 18.6 Å². The summed E-state index contributed by atoms with van der Waals surface area (Å²) in [7, 11) is 0. The van der Waals surface area contributed by atoms with E-state index in [4.69, 9.17) is 16.7 Å². The molecule has 1 N–H and O–H groups in total. The summed E-state index contributed by atoms with van der Waals surface area (Å²) in [5.74, 6) is 0. The Bertz CT molecular complexity index is 260. The molecule has 3 heteroatoms. The quantitative estimate of drug-likeness (QED) is 0.793. The summed E-state index contributed by atoms with van der Waals surface area (Å²) in [5.41, 5.74) is 0.832. The Balaban J connectivity index is 3.05. The molecule has 0 bridgehead atoms. The molecule has 0 aliphatic heterocycles. The van der Waals surface area contributed by atoms with Crippen molar-refractivity contribution in [1.82, 2.24) is 0 Å². The average molecular weight is 236 g/mol. The minimum Gasteiger partial charge on any atom is -0.389 e. The maximum Gasteiger partial charge on any atom is 0.0762 e. The molecule has 0 aliphatic carbocycles. The molecule has 0 aromatic heterocycles. The second-order valence-electron chi connectivity index (χ2n) is 2.35. The van der Waals surface area contributed by atoms with Crippen LogP contribution in [0, 0.1) is 0 Å². The number of benzene rings is 1. The van der Waals surface area contributed by atoms with E-state index in [2.05, 4.69) is 15.9 Å². The Labute approximate surface area is 79.1 Å². The topological polar surface area (TPSA) is 20.2 Å². The number of rotatable bonds is 1. The predicted octanol–water partition coefficient (Wildman–Crippen LogP) is 3.16. The maximum atomic E-state index is 9.17. The van der Waals surface area contributed by atoms with Crippen LogP contribution in [0.2, 0.25) is 5.02 Å². The summed E-state index contributed by atoms with van der Waals surface area (Å²) in [5, 5.41) is 9.79. The molecule has 0 amide bonds. The lowest BCUT2D eigenvalue weighted by molar-refractivity contribution is 0.199. The summed E-state index contributed by atoms with van der Waals surface area (Å²) >= 11 is 9.06. The summed E-state index contributed by atoms with van der Waals surface area (Å²) in [4.78, 5) is 0. The van der Waals surface area contributed by atoms with Crippen molar-refractivity contribution in [1.29, 1.82) is 0 Å². The monoisotopic (exact) mass is 234 g/mol. The van der Waals surface area contributed by atoms with Crippen molar-refractivity contribution >= 4 is 27.5 Å². The fraction of sp³-hybridized carbons (Fsp3) is 0.250. The van der Waals surface area contributed by atoms with Crippen molar-refractivity contribution in [3.05, 3.63) is 33.3 Å². The zero-order valence-corrected chi connectivity index (χ0v) is 8.35. The molecular formula is C8H8BrClO. The van der Waals surface area contributed by atoms with Crippen LogP contribution in [-0.2, 0) is 0 Å². The SMILES string of the molecule is CC(O)c1ccc(Br)c(Cl)c1. The zero-order chi connectivity index (χ0) is 8.43. The highest BCUT2D eigenvalue weighted by Crippen LogP contribution is 2.25. The molecule has 0 heterocycles. The molecule has 0 aliphatic rings. The number of aliphatic hydroxyl groups excluding tert-OH is 1. The van der Waals surface area contributed by atoms with E-state index in [1.807, 2.05) is 12.1 Å². The van der Waals surface area contributed by atoms with Crippen LogP contribution in [-0.4, -0.2) is 5.11 Å². The Morgan fingerprint density at radius 1 is 1.55 bits per heavy atom. The molecule has 1 atom stereocenters. The molecule has 1 rings (SSSR count). The summed E-state index contributed by atoms with van der Waals surface area (Å²) in [6.07, 6.45) is -0.458. The van der Waals surface area contributed by atoms with Crippen LogP contribution in [0.5, 0.6) is 0 Å². The average Bonchev–Trinajstić information content (AvgIpc) is 1.94. The molecule has 1 aromatic carbocycles. The molecular weight excluding hydrogens is 227 g/mol. The van der Waals surface area contributed by atoms with Crippen molar-refractivity contribution < 1.29 is 5.11 Å². The maximum absolute atomic E-state index is 9.17. The predicted molar refractivity (Wildman–Crippen MR) is 49.8 cm³/mol. The van der Waals surface area contributed by atoms with Gasteiger partial charge in [-0.05, 0) is 40.5 Å². The van der Waals surface area contributed by atoms with Gasteiger partial charge in [-0.15, -0.1) is 0 Å². The molecule has 60 valence electrons. The summed E-state index contributed by atoms with van der Waals surface area (Å²) < 4.78 is 0.851. The fourth-order valence-corrected chi connectivity index (χ4v) is 1.21. The van der Waals surface area contributed by atoms with Crippen LogP contribution < -0.4 is 0 Å². The number of halogens is 2. The molecule has 1 nitrogen and oxygen atoms in total. The third kappa shape index (κ3) is 2.19. The Morgan fingerprint density at radius 2 is 2.18 bits per heavy atom. The van der Waals surface area contributed by atoms with Crippen LogP contribution in [0.15, 0.2) is 22.7 Å². The lowest BCUT2D eigenvalue weighted by Gasteiger charge is -2.04. The lowest BCUT2D eigenvalue weighted by atomic mass is 10.1. The molecule has 0 spiro atoms. The highest BCUT2D eigenvalue weighted by Gasteiger charge is 2.02. The number of aliphatic hydroxyl groups is 1. The van der Waals surface area contributed by atoms with E-state index in [1.54, 1.807) is 13.0 Å². The Kier molecular flexibility index (Phi) is 2.93. The highest BCUT2D eigenvalue weighted by molar-refractivity contribution is 9.10.